The van der Waals surface area contributed by atoms with Crippen LogP contribution in [0.4, 0.5) is 0 Å². The minimum atomic E-state index is -0.678. The second kappa shape index (κ2) is 9.62. The molecule has 168 valence electrons. The van der Waals surface area contributed by atoms with E-state index in [9.17, 15) is 14.4 Å². The molecule has 8 heteroatoms. The van der Waals surface area contributed by atoms with Gasteiger partial charge < -0.3 is 23.7 Å². The highest BCUT2D eigenvalue weighted by Gasteiger charge is 2.45. The van der Waals surface area contributed by atoms with Crippen LogP contribution in [0.1, 0.15) is 33.6 Å². The maximum atomic E-state index is 12.8. The quantitative estimate of drug-likeness (QED) is 0.289. The highest BCUT2D eigenvalue weighted by Crippen LogP contribution is 2.37. The van der Waals surface area contributed by atoms with Crippen molar-refractivity contribution in [2.24, 2.45) is 5.92 Å². The number of carbonyl (C=O) groups excluding carboxylic acids is 3. The predicted octanol–water partition coefficient (Wildman–Crippen LogP) is 2.54. The fraction of sp³-hybridized carbons (Fsp3) is 0.522. The van der Waals surface area contributed by atoms with E-state index in [4.69, 9.17) is 23.7 Å². The molecule has 2 heterocycles. The van der Waals surface area contributed by atoms with Crippen LogP contribution in [-0.2, 0) is 38.1 Å². The van der Waals surface area contributed by atoms with Crippen LogP contribution in [0, 0.1) is 5.92 Å². The lowest BCUT2D eigenvalue weighted by molar-refractivity contribution is -0.148. The Kier molecular flexibility index (Phi) is 7.12. The molecular formula is C23H28O8. The van der Waals surface area contributed by atoms with Crippen molar-refractivity contribution in [3.8, 4) is 0 Å². The van der Waals surface area contributed by atoms with Crippen molar-refractivity contribution >= 4 is 17.9 Å². The standard InChI is InChI=1S/C23H28O8/c1-12-6-7-17(29-15(4)24)13(2)9-19-21(14(3)22(25)30-19)18(8-12)31-23(26)16-10-20(27-5)28-11-16/h6,9-10,17-21H,3,7-8,11H2,1-2,4-5H3/b12-6+,13-9+/t17-,18+,19+,20-,21+/m0/s1. The van der Waals surface area contributed by atoms with E-state index in [1.165, 1.54) is 14.0 Å². The zero-order chi connectivity index (χ0) is 22.7. The third-order valence-electron chi connectivity index (χ3n) is 5.60. The maximum absolute atomic E-state index is 12.8. The van der Waals surface area contributed by atoms with Crippen LogP contribution in [0.5, 0.6) is 0 Å². The van der Waals surface area contributed by atoms with Gasteiger partial charge in [-0.3, -0.25) is 4.79 Å². The normalized spacial score (nSPS) is 34.5. The fourth-order valence-electron chi connectivity index (χ4n) is 3.93. The SMILES string of the molecule is C=C1C(=O)O[C@@H]2/C=C(\C)[C@@H](OC(C)=O)C/C=C(\C)C[C@@H](OC(=O)C3=C[C@@H](OC)OC3)[C@@H]12. The van der Waals surface area contributed by atoms with Crippen molar-refractivity contribution in [2.75, 3.05) is 13.7 Å². The molecule has 0 aromatic carbocycles. The fourth-order valence-corrected chi connectivity index (χ4v) is 3.93. The molecule has 31 heavy (non-hydrogen) atoms. The van der Waals surface area contributed by atoms with Crippen molar-refractivity contribution in [2.45, 2.75) is 58.2 Å². The minimum absolute atomic E-state index is 0.0897. The van der Waals surface area contributed by atoms with Crippen molar-refractivity contribution in [1.29, 1.82) is 0 Å². The third-order valence-corrected chi connectivity index (χ3v) is 5.60. The van der Waals surface area contributed by atoms with E-state index in [1.807, 2.05) is 19.9 Å². The first-order chi connectivity index (χ1) is 14.7. The van der Waals surface area contributed by atoms with Crippen LogP contribution in [0.3, 0.4) is 0 Å². The number of carbonyl (C=O) groups is 3. The van der Waals surface area contributed by atoms with Crippen molar-refractivity contribution < 1.29 is 38.1 Å². The van der Waals surface area contributed by atoms with Gasteiger partial charge >= 0.3 is 17.9 Å². The van der Waals surface area contributed by atoms with E-state index < -0.39 is 48.4 Å². The summed E-state index contributed by atoms with van der Waals surface area (Å²) in [5, 5.41) is 0. The Morgan fingerprint density at radius 2 is 1.94 bits per heavy atom. The largest absolute Gasteiger partial charge is 0.458 e. The molecule has 0 radical (unpaired) electrons. The van der Waals surface area contributed by atoms with Gasteiger partial charge in [0.25, 0.3) is 0 Å². The van der Waals surface area contributed by atoms with E-state index in [-0.39, 0.29) is 12.2 Å². The molecule has 5 atom stereocenters. The average Bonchev–Trinajstić information content (AvgIpc) is 3.29. The molecule has 0 bridgehead atoms. The van der Waals surface area contributed by atoms with Gasteiger partial charge in [0.2, 0.25) is 0 Å². The van der Waals surface area contributed by atoms with Gasteiger partial charge in [-0.15, -0.1) is 0 Å². The summed E-state index contributed by atoms with van der Waals surface area (Å²) in [6.07, 6.45) is 3.73. The van der Waals surface area contributed by atoms with Crippen molar-refractivity contribution in [3.63, 3.8) is 0 Å². The van der Waals surface area contributed by atoms with E-state index >= 15 is 0 Å². The minimum Gasteiger partial charge on any atom is -0.458 e. The Morgan fingerprint density at radius 1 is 1.19 bits per heavy atom. The summed E-state index contributed by atoms with van der Waals surface area (Å²) in [4.78, 5) is 36.6. The van der Waals surface area contributed by atoms with E-state index in [1.54, 1.807) is 12.2 Å². The average molecular weight is 432 g/mol. The molecule has 2 aliphatic heterocycles. The van der Waals surface area contributed by atoms with Crippen LogP contribution < -0.4 is 0 Å². The molecule has 1 aliphatic carbocycles. The van der Waals surface area contributed by atoms with Crippen molar-refractivity contribution in [3.05, 3.63) is 47.1 Å². The molecule has 0 saturated carbocycles. The summed E-state index contributed by atoms with van der Waals surface area (Å²) in [5.41, 5.74) is 2.29. The zero-order valence-electron chi connectivity index (χ0n) is 18.2. The van der Waals surface area contributed by atoms with E-state index in [0.717, 1.165) is 11.1 Å². The molecule has 0 spiro atoms. The molecule has 0 aromatic heterocycles. The van der Waals surface area contributed by atoms with Gasteiger partial charge in [0, 0.05) is 32.4 Å². The number of hydrogen-bond acceptors (Lipinski definition) is 8. The second-order valence-electron chi connectivity index (χ2n) is 7.97. The molecule has 0 unspecified atom stereocenters. The highest BCUT2D eigenvalue weighted by molar-refractivity contribution is 5.92. The van der Waals surface area contributed by atoms with Crippen LogP contribution >= 0.6 is 0 Å². The molecule has 3 aliphatic rings. The van der Waals surface area contributed by atoms with Gasteiger partial charge in [-0.2, -0.15) is 0 Å². The van der Waals surface area contributed by atoms with Crippen molar-refractivity contribution in [1.82, 2.24) is 0 Å². The molecule has 0 aromatic rings. The van der Waals surface area contributed by atoms with Crippen LogP contribution in [0.15, 0.2) is 47.1 Å². The number of rotatable bonds is 4. The Hall–Kier alpha value is -2.71. The van der Waals surface area contributed by atoms with Gasteiger partial charge in [0.1, 0.15) is 18.3 Å². The number of methoxy groups -OCH3 is 1. The van der Waals surface area contributed by atoms with Gasteiger partial charge in [-0.05, 0) is 31.6 Å². The van der Waals surface area contributed by atoms with Crippen LogP contribution in [0.2, 0.25) is 0 Å². The zero-order valence-corrected chi connectivity index (χ0v) is 18.2. The molecule has 3 rings (SSSR count). The molecular weight excluding hydrogens is 404 g/mol. The summed E-state index contributed by atoms with van der Waals surface area (Å²) >= 11 is 0. The lowest BCUT2D eigenvalue weighted by atomic mass is 9.85. The Labute approximate surface area is 181 Å². The Bertz CT molecular complexity index is 865. The Balaban J connectivity index is 1.90. The first-order valence-corrected chi connectivity index (χ1v) is 10.2. The molecule has 1 fully saturated rings. The van der Waals surface area contributed by atoms with Crippen LogP contribution in [0.25, 0.3) is 0 Å². The second-order valence-corrected chi connectivity index (χ2v) is 7.97. The lowest BCUT2D eigenvalue weighted by Gasteiger charge is -2.28. The van der Waals surface area contributed by atoms with Gasteiger partial charge in [-0.25, -0.2) is 9.59 Å². The van der Waals surface area contributed by atoms with Gasteiger partial charge in [-0.1, -0.05) is 18.2 Å². The molecule has 0 N–H and O–H groups in total. The maximum Gasteiger partial charge on any atom is 0.336 e. The number of ether oxygens (including phenoxy) is 5. The van der Waals surface area contributed by atoms with Crippen LogP contribution in [-0.4, -0.2) is 56.2 Å². The monoisotopic (exact) mass is 432 g/mol. The Morgan fingerprint density at radius 3 is 2.58 bits per heavy atom. The first kappa shape index (κ1) is 23.0. The van der Waals surface area contributed by atoms with Gasteiger partial charge in [0.15, 0.2) is 6.29 Å². The summed E-state index contributed by atoms with van der Waals surface area (Å²) in [5.74, 6) is -2.02. The number of esters is 3. The smallest absolute Gasteiger partial charge is 0.336 e. The number of fused-ring (bicyclic) bond motifs is 1. The molecule has 0 amide bonds. The summed E-state index contributed by atoms with van der Waals surface area (Å²) < 4.78 is 27.2. The number of hydrogen-bond donors (Lipinski definition) is 0. The van der Waals surface area contributed by atoms with E-state index in [0.29, 0.717) is 18.4 Å². The summed E-state index contributed by atoms with van der Waals surface area (Å²) in [7, 11) is 1.48. The summed E-state index contributed by atoms with van der Waals surface area (Å²) in [6, 6.07) is 0. The van der Waals surface area contributed by atoms with Gasteiger partial charge in [0.05, 0.1) is 18.1 Å². The highest BCUT2D eigenvalue weighted by atomic mass is 16.7. The van der Waals surface area contributed by atoms with E-state index in [2.05, 4.69) is 6.58 Å². The first-order valence-electron chi connectivity index (χ1n) is 10.2. The lowest BCUT2D eigenvalue weighted by Crippen LogP contribution is -2.34. The molecule has 8 nitrogen and oxygen atoms in total. The molecule has 1 saturated heterocycles. The topological polar surface area (TPSA) is 97.4 Å². The third kappa shape index (κ3) is 5.32. The predicted molar refractivity (Wildman–Crippen MR) is 110 cm³/mol. The summed E-state index contributed by atoms with van der Waals surface area (Å²) in [6.45, 7) is 9.05.